The Labute approximate surface area is 181 Å². The molecular weight excluding hydrogens is 389 g/mol. The predicted octanol–water partition coefficient (Wildman–Crippen LogP) is 4.73. The SMILES string of the molecule is FC1(Cc2ccccc2)CCN(CCCc2c[nH]c3ccc(-n4cnnc4)cc23)CC1. The summed E-state index contributed by atoms with van der Waals surface area (Å²) in [7, 11) is 0. The Morgan fingerprint density at radius 2 is 1.77 bits per heavy atom. The van der Waals surface area contributed by atoms with Crippen LogP contribution in [0.1, 0.15) is 30.4 Å². The summed E-state index contributed by atoms with van der Waals surface area (Å²) in [6.07, 6.45) is 9.40. The zero-order chi connectivity index (χ0) is 21.1. The Balaban J connectivity index is 1.15. The van der Waals surface area contributed by atoms with E-state index < -0.39 is 5.67 Å². The van der Waals surface area contributed by atoms with Gasteiger partial charge in [0.15, 0.2) is 0 Å². The van der Waals surface area contributed by atoms with Crippen molar-refractivity contribution in [1.29, 1.82) is 0 Å². The van der Waals surface area contributed by atoms with Gasteiger partial charge in [-0.1, -0.05) is 30.3 Å². The largest absolute Gasteiger partial charge is 0.361 e. The molecule has 0 radical (unpaired) electrons. The molecule has 4 aromatic rings. The summed E-state index contributed by atoms with van der Waals surface area (Å²) in [5, 5.41) is 9.04. The molecule has 0 atom stereocenters. The van der Waals surface area contributed by atoms with Crippen LogP contribution >= 0.6 is 0 Å². The van der Waals surface area contributed by atoms with Gasteiger partial charge >= 0.3 is 0 Å². The van der Waals surface area contributed by atoms with Crippen molar-refractivity contribution in [2.45, 2.75) is 37.8 Å². The number of aromatic amines is 1. The fourth-order valence-corrected chi connectivity index (χ4v) is 4.68. The summed E-state index contributed by atoms with van der Waals surface area (Å²) in [5.41, 5.74) is 3.57. The van der Waals surface area contributed by atoms with Gasteiger partial charge in [-0.3, -0.25) is 4.57 Å². The molecule has 0 bridgehead atoms. The molecular formula is C25H28FN5. The lowest BCUT2D eigenvalue weighted by Gasteiger charge is -2.36. The Morgan fingerprint density at radius 3 is 2.55 bits per heavy atom. The molecule has 160 valence electrons. The van der Waals surface area contributed by atoms with Crippen LogP contribution in [-0.2, 0) is 12.8 Å². The second-order valence-corrected chi connectivity index (χ2v) is 8.67. The maximum atomic E-state index is 15.3. The van der Waals surface area contributed by atoms with Gasteiger partial charge in [-0.15, -0.1) is 10.2 Å². The average molecular weight is 418 g/mol. The maximum absolute atomic E-state index is 15.3. The molecule has 2 aromatic heterocycles. The molecule has 0 spiro atoms. The minimum atomic E-state index is -1.06. The fraction of sp³-hybridized carbons (Fsp3) is 0.360. The van der Waals surface area contributed by atoms with Gasteiger partial charge < -0.3 is 9.88 Å². The van der Waals surface area contributed by atoms with Crippen molar-refractivity contribution >= 4 is 10.9 Å². The maximum Gasteiger partial charge on any atom is 0.123 e. The molecule has 1 fully saturated rings. The number of rotatable bonds is 7. The van der Waals surface area contributed by atoms with E-state index >= 15 is 4.39 Å². The van der Waals surface area contributed by atoms with Crippen molar-refractivity contribution in [2.75, 3.05) is 19.6 Å². The molecule has 5 nitrogen and oxygen atoms in total. The van der Waals surface area contributed by atoms with Crippen LogP contribution in [0.15, 0.2) is 67.4 Å². The van der Waals surface area contributed by atoms with Crippen LogP contribution in [0.5, 0.6) is 0 Å². The number of nitrogens with zero attached hydrogens (tertiary/aromatic N) is 4. The average Bonchev–Trinajstić information content (AvgIpc) is 3.46. The number of piperidine rings is 1. The highest BCUT2D eigenvalue weighted by Crippen LogP contribution is 2.31. The van der Waals surface area contributed by atoms with Crippen molar-refractivity contribution < 1.29 is 4.39 Å². The van der Waals surface area contributed by atoms with Crippen molar-refractivity contribution in [3.63, 3.8) is 0 Å². The van der Waals surface area contributed by atoms with Crippen LogP contribution in [-0.4, -0.2) is 50.0 Å². The number of H-pyrrole nitrogens is 1. The van der Waals surface area contributed by atoms with Gasteiger partial charge in [0.05, 0.1) is 0 Å². The minimum Gasteiger partial charge on any atom is -0.361 e. The molecule has 2 aromatic carbocycles. The van der Waals surface area contributed by atoms with Crippen LogP contribution in [0.2, 0.25) is 0 Å². The van der Waals surface area contributed by atoms with Gasteiger partial charge in [-0.25, -0.2) is 4.39 Å². The van der Waals surface area contributed by atoms with E-state index in [9.17, 15) is 0 Å². The third-order valence-corrected chi connectivity index (χ3v) is 6.50. The number of aromatic nitrogens is 4. The number of benzene rings is 2. The lowest BCUT2D eigenvalue weighted by atomic mass is 9.87. The van der Waals surface area contributed by atoms with E-state index in [0.717, 1.165) is 49.2 Å². The summed E-state index contributed by atoms with van der Waals surface area (Å²) in [5.74, 6) is 0. The second kappa shape index (κ2) is 8.63. The normalized spacial score (nSPS) is 16.7. The van der Waals surface area contributed by atoms with Gasteiger partial charge in [0.1, 0.15) is 18.3 Å². The zero-order valence-electron chi connectivity index (χ0n) is 17.7. The number of likely N-dealkylation sites (tertiary alicyclic amines) is 1. The number of nitrogens with one attached hydrogen (secondary N) is 1. The molecule has 31 heavy (non-hydrogen) atoms. The molecule has 1 saturated heterocycles. The van der Waals surface area contributed by atoms with Crippen LogP contribution in [0.25, 0.3) is 16.6 Å². The number of hydrogen-bond acceptors (Lipinski definition) is 3. The van der Waals surface area contributed by atoms with Crippen molar-refractivity contribution in [3.8, 4) is 5.69 Å². The van der Waals surface area contributed by atoms with Crippen LogP contribution in [0, 0.1) is 0 Å². The Bertz CT molecular complexity index is 1110. The second-order valence-electron chi connectivity index (χ2n) is 8.67. The van der Waals surface area contributed by atoms with Gasteiger partial charge in [-0.05, 0) is 61.6 Å². The number of halogens is 1. The van der Waals surface area contributed by atoms with E-state index in [4.69, 9.17) is 0 Å². The highest BCUT2D eigenvalue weighted by molar-refractivity contribution is 5.85. The summed E-state index contributed by atoms with van der Waals surface area (Å²) in [6, 6.07) is 16.4. The molecule has 0 aliphatic carbocycles. The van der Waals surface area contributed by atoms with Crippen molar-refractivity contribution in [3.05, 3.63) is 78.5 Å². The van der Waals surface area contributed by atoms with E-state index in [2.05, 4.69) is 44.5 Å². The number of aryl methyl sites for hydroxylation is 1. The lowest BCUT2D eigenvalue weighted by Crippen LogP contribution is -2.43. The summed E-state index contributed by atoms with van der Waals surface area (Å²) in [6.45, 7) is 2.70. The summed E-state index contributed by atoms with van der Waals surface area (Å²) < 4.78 is 17.2. The van der Waals surface area contributed by atoms with Crippen molar-refractivity contribution in [1.82, 2.24) is 24.6 Å². The molecule has 0 unspecified atom stereocenters. The van der Waals surface area contributed by atoms with Crippen molar-refractivity contribution in [2.24, 2.45) is 0 Å². The van der Waals surface area contributed by atoms with Crippen LogP contribution in [0.3, 0.4) is 0 Å². The summed E-state index contributed by atoms with van der Waals surface area (Å²) in [4.78, 5) is 5.80. The van der Waals surface area contributed by atoms with Gasteiger partial charge in [-0.2, -0.15) is 0 Å². The molecule has 5 rings (SSSR count). The number of fused-ring (bicyclic) bond motifs is 1. The number of alkyl halides is 1. The Hall–Kier alpha value is -2.99. The first kappa shape index (κ1) is 19.9. The smallest absolute Gasteiger partial charge is 0.123 e. The fourth-order valence-electron chi connectivity index (χ4n) is 4.68. The standard InChI is InChI=1S/C25H28FN5/c26-25(16-20-5-2-1-3-6-20)10-13-30(14-11-25)12-4-7-21-17-27-24-9-8-22(15-23(21)24)31-18-28-29-19-31/h1-3,5-6,8-9,15,17-19,27H,4,7,10-14,16H2. The van der Waals surface area contributed by atoms with E-state index in [-0.39, 0.29) is 0 Å². The molecule has 3 heterocycles. The van der Waals surface area contributed by atoms with E-state index in [1.165, 1.54) is 10.9 Å². The molecule has 0 amide bonds. The monoisotopic (exact) mass is 417 g/mol. The predicted molar refractivity (Wildman–Crippen MR) is 121 cm³/mol. The summed E-state index contributed by atoms with van der Waals surface area (Å²) >= 11 is 0. The molecule has 1 aliphatic heterocycles. The zero-order valence-corrected chi connectivity index (χ0v) is 17.7. The lowest BCUT2D eigenvalue weighted by molar-refractivity contribution is 0.0581. The highest BCUT2D eigenvalue weighted by Gasteiger charge is 2.34. The molecule has 6 heteroatoms. The van der Waals surface area contributed by atoms with E-state index in [1.54, 1.807) is 12.7 Å². The molecule has 1 N–H and O–H groups in total. The van der Waals surface area contributed by atoms with E-state index in [1.807, 2.05) is 34.9 Å². The minimum absolute atomic E-state index is 0.534. The van der Waals surface area contributed by atoms with Gasteiger partial charge in [0, 0.05) is 42.3 Å². The Kier molecular flexibility index (Phi) is 5.55. The highest BCUT2D eigenvalue weighted by atomic mass is 19.1. The first-order chi connectivity index (χ1) is 15.2. The number of hydrogen-bond donors (Lipinski definition) is 1. The third kappa shape index (κ3) is 4.54. The van der Waals surface area contributed by atoms with Crippen LogP contribution in [0.4, 0.5) is 4.39 Å². The van der Waals surface area contributed by atoms with Gasteiger partial charge in [0.2, 0.25) is 0 Å². The topological polar surface area (TPSA) is 49.7 Å². The van der Waals surface area contributed by atoms with Gasteiger partial charge in [0.25, 0.3) is 0 Å². The quantitative estimate of drug-likeness (QED) is 0.473. The first-order valence-corrected chi connectivity index (χ1v) is 11.1. The Morgan fingerprint density at radius 1 is 1.00 bits per heavy atom. The van der Waals surface area contributed by atoms with E-state index in [0.29, 0.717) is 19.3 Å². The third-order valence-electron chi connectivity index (χ3n) is 6.50. The molecule has 0 saturated carbocycles. The molecule has 1 aliphatic rings. The van der Waals surface area contributed by atoms with Crippen LogP contribution < -0.4 is 0 Å². The first-order valence-electron chi connectivity index (χ1n) is 11.1.